The van der Waals surface area contributed by atoms with Gasteiger partial charge in [0.1, 0.15) is 0 Å². The number of para-hydroxylation sites is 1. The smallest absolute Gasteiger partial charge is 0.261 e. The molecule has 1 aliphatic rings. The van der Waals surface area contributed by atoms with E-state index in [1.165, 1.54) is 0 Å². The number of hydrogen-bond acceptors (Lipinski definition) is 4. The fourth-order valence-corrected chi connectivity index (χ4v) is 4.15. The van der Waals surface area contributed by atoms with E-state index < -0.39 is 34.8 Å². The van der Waals surface area contributed by atoms with Crippen molar-refractivity contribution in [1.29, 1.82) is 0 Å². The molecule has 5 nitrogen and oxygen atoms in total. The third-order valence-corrected chi connectivity index (χ3v) is 5.74. The lowest BCUT2D eigenvalue weighted by atomic mass is 10.1. The minimum absolute atomic E-state index is 0.00992. The van der Waals surface area contributed by atoms with Gasteiger partial charge < -0.3 is 15.0 Å². The molecule has 0 atom stereocenters. The van der Waals surface area contributed by atoms with Crippen molar-refractivity contribution in [3.8, 4) is 5.75 Å². The second kappa shape index (κ2) is 8.12. The van der Waals surface area contributed by atoms with E-state index >= 15 is 0 Å². The van der Waals surface area contributed by atoms with Crippen LogP contribution in [0.25, 0.3) is 10.9 Å². The number of carbonyl (C=O) groups excluding carboxylic acids is 1. The molecule has 0 fully saturated rings. The van der Waals surface area contributed by atoms with Crippen LogP contribution in [0.15, 0.2) is 60.8 Å². The van der Waals surface area contributed by atoms with Crippen molar-refractivity contribution in [2.75, 3.05) is 17.3 Å². The highest BCUT2D eigenvalue weighted by atomic mass is 19.2. The Morgan fingerprint density at radius 3 is 2.70 bits per heavy atom. The Morgan fingerprint density at radius 1 is 1.06 bits per heavy atom. The number of ether oxygens (including phenoxy) is 1. The molecule has 4 aromatic rings. The van der Waals surface area contributed by atoms with Gasteiger partial charge in [0.2, 0.25) is 5.82 Å². The van der Waals surface area contributed by atoms with Crippen molar-refractivity contribution >= 4 is 28.2 Å². The van der Waals surface area contributed by atoms with E-state index in [0.29, 0.717) is 23.4 Å². The number of amides is 1. The first-order chi connectivity index (χ1) is 16.0. The van der Waals surface area contributed by atoms with Crippen LogP contribution in [-0.2, 0) is 13.1 Å². The number of nitrogens with one attached hydrogen (secondary N) is 1. The summed E-state index contributed by atoms with van der Waals surface area (Å²) in [5, 5.41) is 4.26. The maximum Gasteiger partial charge on any atom is 0.261 e. The lowest BCUT2D eigenvalue weighted by Crippen LogP contribution is -2.25. The van der Waals surface area contributed by atoms with Gasteiger partial charge in [0.05, 0.1) is 30.4 Å². The van der Waals surface area contributed by atoms with Crippen LogP contribution in [0.4, 0.5) is 24.5 Å². The third-order valence-electron chi connectivity index (χ3n) is 5.74. The Labute approximate surface area is 187 Å². The van der Waals surface area contributed by atoms with E-state index in [1.54, 1.807) is 24.4 Å². The van der Waals surface area contributed by atoms with E-state index in [1.807, 2.05) is 30.3 Å². The molecule has 1 N–H and O–H groups in total. The first-order valence-electron chi connectivity index (χ1n) is 10.2. The van der Waals surface area contributed by atoms with Crippen LogP contribution in [0.3, 0.4) is 0 Å². The number of anilines is 2. The van der Waals surface area contributed by atoms with Crippen LogP contribution < -0.4 is 15.0 Å². The molecule has 2 heterocycles. The Bertz CT molecular complexity index is 1400. The first kappa shape index (κ1) is 20.8. The monoisotopic (exact) mass is 449 g/mol. The molecule has 166 valence electrons. The van der Waals surface area contributed by atoms with Gasteiger partial charge in [0.15, 0.2) is 17.4 Å². The van der Waals surface area contributed by atoms with Crippen molar-refractivity contribution in [2.24, 2.45) is 0 Å². The maximum atomic E-state index is 14.7. The summed E-state index contributed by atoms with van der Waals surface area (Å²) in [6, 6.07) is 15.6. The highest BCUT2D eigenvalue weighted by Gasteiger charge is 2.34. The number of fused-ring (bicyclic) bond motifs is 2. The minimum Gasteiger partial charge on any atom is -0.491 e. The van der Waals surface area contributed by atoms with Crippen molar-refractivity contribution in [1.82, 2.24) is 4.98 Å². The van der Waals surface area contributed by atoms with Gasteiger partial charge in [0.25, 0.3) is 5.91 Å². The number of rotatable bonds is 5. The van der Waals surface area contributed by atoms with Crippen LogP contribution in [0.5, 0.6) is 5.75 Å². The number of halogens is 3. The minimum atomic E-state index is -1.47. The van der Waals surface area contributed by atoms with Gasteiger partial charge >= 0.3 is 0 Å². The largest absolute Gasteiger partial charge is 0.491 e. The zero-order valence-corrected chi connectivity index (χ0v) is 17.5. The predicted octanol–water partition coefficient (Wildman–Crippen LogP) is 5.43. The van der Waals surface area contributed by atoms with Gasteiger partial charge in [-0.3, -0.25) is 9.78 Å². The standard InChI is InChI=1S/C25H18F3N3O2/c1-33-24-17(26)11-20(22(27)23(24)28)31-13-15-5-4-8-19(21(15)25(31)32)30-12-14-9-10-29-18-7-3-2-6-16(14)18/h2-11,30H,12-13H2,1H3. The Balaban J connectivity index is 1.47. The molecular formula is C25H18F3N3O2. The normalized spacial score (nSPS) is 12.8. The Morgan fingerprint density at radius 2 is 1.88 bits per heavy atom. The van der Waals surface area contributed by atoms with Crippen LogP contribution in [0.2, 0.25) is 0 Å². The highest BCUT2D eigenvalue weighted by molar-refractivity contribution is 6.13. The summed E-state index contributed by atoms with van der Waals surface area (Å²) in [7, 11) is 1.04. The van der Waals surface area contributed by atoms with Gasteiger partial charge in [-0.2, -0.15) is 4.39 Å². The molecule has 0 spiro atoms. The van der Waals surface area contributed by atoms with Gasteiger partial charge in [-0.05, 0) is 29.3 Å². The average molecular weight is 449 g/mol. The van der Waals surface area contributed by atoms with E-state index in [9.17, 15) is 18.0 Å². The summed E-state index contributed by atoms with van der Waals surface area (Å²) in [5.41, 5.74) is 2.89. The molecular weight excluding hydrogens is 431 g/mol. The second-order valence-corrected chi connectivity index (χ2v) is 7.61. The number of hydrogen-bond donors (Lipinski definition) is 1. The van der Waals surface area contributed by atoms with Crippen LogP contribution in [0, 0.1) is 17.5 Å². The topological polar surface area (TPSA) is 54.5 Å². The molecule has 0 radical (unpaired) electrons. The first-order valence-corrected chi connectivity index (χ1v) is 10.2. The lowest BCUT2D eigenvalue weighted by Gasteiger charge is -2.18. The van der Waals surface area contributed by atoms with Crippen LogP contribution in [-0.4, -0.2) is 18.0 Å². The van der Waals surface area contributed by atoms with Crippen molar-refractivity contribution in [2.45, 2.75) is 13.1 Å². The molecule has 33 heavy (non-hydrogen) atoms. The van der Waals surface area contributed by atoms with Crippen LogP contribution in [0.1, 0.15) is 21.5 Å². The highest BCUT2D eigenvalue weighted by Crippen LogP contribution is 2.37. The lowest BCUT2D eigenvalue weighted by molar-refractivity contribution is 0.0996. The number of pyridine rings is 1. The van der Waals surface area contributed by atoms with Gasteiger partial charge in [-0.1, -0.05) is 30.3 Å². The Kier molecular flexibility index (Phi) is 5.12. The Hall–Kier alpha value is -4.07. The van der Waals surface area contributed by atoms with E-state index in [2.05, 4.69) is 15.0 Å². The number of nitrogens with zero attached hydrogens (tertiary/aromatic N) is 2. The number of methoxy groups -OCH3 is 1. The van der Waals surface area contributed by atoms with Crippen molar-refractivity contribution in [3.05, 3.63) is 94.9 Å². The van der Waals surface area contributed by atoms with Crippen LogP contribution >= 0.6 is 0 Å². The summed E-state index contributed by atoms with van der Waals surface area (Å²) in [6.45, 7) is 0.414. The quantitative estimate of drug-likeness (QED) is 0.413. The zero-order valence-electron chi connectivity index (χ0n) is 17.5. The summed E-state index contributed by atoms with van der Waals surface area (Å²) in [5.74, 6) is -5.27. The molecule has 0 aliphatic carbocycles. The van der Waals surface area contributed by atoms with E-state index in [-0.39, 0.29) is 6.54 Å². The molecule has 0 bridgehead atoms. The van der Waals surface area contributed by atoms with E-state index in [0.717, 1.165) is 34.5 Å². The molecule has 0 saturated heterocycles. The summed E-state index contributed by atoms with van der Waals surface area (Å²) in [6.07, 6.45) is 1.72. The predicted molar refractivity (Wildman–Crippen MR) is 119 cm³/mol. The summed E-state index contributed by atoms with van der Waals surface area (Å²) in [4.78, 5) is 18.6. The molecule has 8 heteroatoms. The molecule has 1 aliphatic heterocycles. The maximum absolute atomic E-state index is 14.7. The number of benzene rings is 3. The molecule has 1 amide bonds. The third kappa shape index (κ3) is 3.44. The zero-order chi connectivity index (χ0) is 23.1. The van der Waals surface area contributed by atoms with Gasteiger partial charge in [-0.25, -0.2) is 8.78 Å². The molecule has 0 unspecified atom stereocenters. The van der Waals surface area contributed by atoms with Crippen molar-refractivity contribution in [3.63, 3.8) is 0 Å². The molecule has 3 aromatic carbocycles. The molecule has 1 aromatic heterocycles. The summed E-state index contributed by atoms with van der Waals surface area (Å²) < 4.78 is 47.7. The van der Waals surface area contributed by atoms with Gasteiger partial charge in [0, 0.05) is 29.9 Å². The summed E-state index contributed by atoms with van der Waals surface area (Å²) >= 11 is 0. The molecule has 0 saturated carbocycles. The fourth-order valence-electron chi connectivity index (χ4n) is 4.15. The second-order valence-electron chi connectivity index (χ2n) is 7.61. The molecule has 5 rings (SSSR count). The number of aromatic nitrogens is 1. The average Bonchev–Trinajstić information content (AvgIpc) is 3.17. The van der Waals surface area contributed by atoms with E-state index in [4.69, 9.17) is 0 Å². The van der Waals surface area contributed by atoms with Gasteiger partial charge in [-0.15, -0.1) is 0 Å². The fraction of sp³-hybridized carbons (Fsp3) is 0.120. The van der Waals surface area contributed by atoms with Crippen molar-refractivity contribution < 1.29 is 22.7 Å². The SMILES string of the molecule is COc1c(F)cc(N2Cc3cccc(NCc4ccnc5ccccc45)c3C2=O)c(F)c1F. The number of carbonyl (C=O) groups is 1.